The number of halogens is 1. The third-order valence-corrected chi connectivity index (χ3v) is 5.73. The minimum atomic E-state index is 0.125. The third kappa shape index (κ3) is 1.32. The zero-order valence-corrected chi connectivity index (χ0v) is 11.5. The van der Waals surface area contributed by atoms with Gasteiger partial charge in [-0.1, -0.05) is 28.1 Å². The van der Waals surface area contributed by atoms with Crippen molar-refractivity contribution < 1.29 is 0 Å². The first-order valence-corrected chi connectivity index (χ1v) is 6.84. The van der Waals surface area contributed by atoms with Crippen molar-refractivity contribution in [3.05, 3.63) is 33.3 Å². The van der Waals surface area contributed by atoms with Crippen LogP contribution < -0.4 is 5.73 Å². The second kappa shape index (κ2) is 3.11. The van der Waals surface area contributed by atoms with Crippen molar-refractivity contribution in [1.29, 1.82) is 0 Å². The molecule has 86 valence electrons. The van der Waals surface area contributed by atoms with Crippen LogP contribution in [0.2, 0.25) is 0 Å². The minimum Gasteiger partial charge on any atom is -0.324 e. The highest BCUT2D eigenvalue weighted by atomic mass is 79.9. The minimum absolute atomic E-state index is 0.125. The van der Waals surface area contributed by atoms with Crippen LogP contribution >= 0.6 is 15.9 Å². The zero-order chi connectivity index (χ0) is 11.6. The van der Waals surface area contributed by atoms with E-state index in [9.17, 15) is 0 Å². The van der Waals surface area contributed by atoms with Gasteiger partial charge in [0.2, 0.25) is 0 Å². The molecule has 0 atom stereocenters. The van der Waals surface area contributed by atoms with E-state index >= 15 is 0 Å². The van der Waals surface area contributed by atoms with Gasteiger partial charge in [0.05, 0.1) is 0 Å². The molecule has 0 radical (unpaired) electrons. The Kier molecular flexibility index (Phi) is 2.10. The Balaban J connectivity index is 2.08. The first-order chi connectivity index (χ1) is 7.48. The average Bonchev–Trinajstić information content (AvgIpc) is 3.08. The lowest BCUT2D eigenvalue weighted by Crippen LogP contribution is -2.37. The standard InChI is InChI=1S/C14H18BrN/c1-9-7-11(8-10(2)12(9)15)13(3-4-13)14(16)5-6-14/h7-8H,3-6,16H2,1-2H3. The fraction of sp³-hybridized carbons (Fsp3) is 0.571. The summed E-state index contributed by atoms with van der Waals surface area (Å²) in [6, 6.07) is 4.66. The van der Waals surface area contributed by atoms with E-state index in [1.165, 1.54) is 46.8 Å². The summed E-state index contributed by atoms with van der Waals surface area (Å²) in [6.45, 7) is 4.35. The van der Waals surface area contributed by atoms with Crippen LogP contribution in [0.1, 0.15) is 42.4 Å². The molecule has 2 N–H and O–H groups in total. The SMILES string of the molecule is Cc1cc(C2(C3(N)CC3)CC2)cc(C)c1Br. The van der Waals surface area contributed by atoms with Gasteiger partial charge in [0, 0.05) is 15.4 Å². The Labute approximate surface area is 106 Å². The van der Waals surface area contributed by atoms with Crippen molar-refractivity contribution in [2.24, 2.45) is 5.73 Å². The van der Waals surface area contributed by atoms with Gasteiger partial charge in [-0.05, 0) is 56.2 Å². The van der Waals surface area contributed by atoms with E-state index in [0.29, 0.717) is 5.41 Å². The molecule has 1 aromatic carbocycles. The molecule has 2 fully saturated rings. The van der Waals surface area contributed by atoms with Gasteiger partial charge in [-0.3, -0.25) is 0 Å². The van der Waals surface area contributed by atoms with Gasteiger partial charge < -0.3 is 5.73 Å². The van der Waals surface area contributed by atoms with Crippen LogP contribution in [0.15, 0.2) is 16.6 Å². The van der Waals surface area contributed by atoms with E-state index in [1.54, 1.807) is 0 Å². The van der Waals surface area contributed by atoms with Gasteiger partial charge in [-0.2, -0.15) is 0 Å². The third-order valence-electron chi connectivity index (χ3n) is 4.48. The smallest absolute Gasteiger partial charge is 0.0253 e. The summed E-state index contributed by atoms with van der Waals surface area (Å²) in [5.74, 6) is 0. The Morgan fingerprint density at radius 3 is 1.94 bits per heavy atom. The quantitative estimate of drug-likeness (QED) is 0.880. The maximum atomic E-state index is 6.45. The summed E-state index contributed by atoms with van der Waals surface area (Å²) in [4.78, 5) is 0. The number of nitrogens with two attached hydrogens (primary N) is 1. The summed E-state index contributed by atoms with van der Waals surface area (Å²) in [5, 5.41) is 0. The Hall–Kier alpha value is -0.340. The maximum Gasteiger partial charge on any atom is 0.0253 e. The molecule has 1 nitrogen and oxygen atoms in total. The van der Waals surface area contributed by atoms with Crippen molar-refractivity contribution in [1.82, 2.24) is 0 Å². The fourth-order valence-electron chi connectivity index (χ4n) is 3.03. The molecule has 0 saturated heterocycles. The summed E-state index contributed by atoms with van der Waals surface area (Å²) in [6.07, 6.45) is 4.98. The van der Waals surface area contributed by atoms with Crippen molar-refractivity contribution in [2.75, 3.05) is 0 Å². The highest BCUT2D eigenvalue weighted by Crippen LogP contribution is 2.63. The van der Waals surface area contributed by atoms with Gasteiger partial charge in [-0.25, -0.2) is 0 Å². The predicted octanol–water partition coefficient (Wildman–Crippen LogP) is 3.59. The summed E-state index contributed by atoms with van der Waals surface area (Å²) in [7, 11) is 0. The van der Waals surface area contributed by atoms with Crippen LogP contribution in [-0.2, 0) is 5.41 Å². The molecule has 1 aromatic rings. The van der Waals surface area contributed by atoms with Gasteiger partial charge >= 0.3 is 0 Å². The number of aryl methyl sites for hydroxylation is 2. The molecule has 16 heavy (non-hydrogen) atoms. The maximum absolute atomic E-state index is 6.45. The molecule has 0 aliphatic heterocycles. The first kappa shape index (κ1) is 10.8. The Bertz CT molecular complexity index is 433. The molecule has 2 aliphatic carbocycles. The number of hydrogen-bond acceptors (Lipinski definition) is 1. The van der Waals surface area contributed by atoms with Crippen molar-refractivity contribution >= 4 is 15.9 Å². The second-order valence-corrected chi connectivity index (χ2v) is 6.46. The lowest BCUT2D eigenvalue weighted by molar-refractivity contribution is 0.503. The highest BCUT2D eigenvalue weighted by Gasteiger charge is 2.64. The fourth-order valence-corrected chi connectivity index (χ4v) is 3.26. The second-order valence-electron chi connectivity index (χ2n) is 5.66. The zero-order valence-electron chi connectivity index (χ0n) is 9.94. The summed E-state index contributed by atoms with van der Waals surface area (Å²) in [5.41, 5.74) is 11.0. The number of benzene rings is 1. The lowest BCUT2D eigenvalue weighted by atomic mass is 9.85. The Morgan fingerprint density at radius 2 is 1.56 bits per heavy atom. The topological polar surface area (TPSA) is 26.0 Å². The van der Waals surface area contributed by atoms with Gasteiger partial charge in [-0.15, -0.1) is 0 Å². The number of hydrogen-bond donors (Lipinski definition) is 1. The number of rotatable bonds is 2. The highest BCUT2D eigenvalue weighted by molar-refractivity contribution is 9.10. The molecule has 0 amide bonds. The molecule has 2 saturated carbocycles. The van der Waals surface area contributed by atoms with Crippen LogP contribution in [0.25, 0.3) is 0 Å². The molecule has 3 rings (SSSR count). The van der Waals surface area contributed by atoms with Crippen LogP contribution in [0.5, 0.6) is 0 Å². The molecule has 2 heteroatoms. The van der Waals surface area contributed by atoms with Crippen LogP contribution in [-0.4, -0.2) is 5.54 Å². The van der Waals surface area contributed by atoms with E-state index in [-0.39, 0.29) is 5.54 Å². The summed E-state index contributed by atoms with van der Waals surface area (Å²) < 4.78 is 1.24. The van der Waals surface area contributed by atoms with E-state index in [1.807, 2.05) is 0 Å². The molecule has 0 bridgehead atoms. The molecular formula is C14H18BrN. The van der Waals surface area contributed by atoms with E-state index in [0.717, 1.165) is 0 Å². The van der Waals surface area contributed by atoms with E-state index < -0.39 is 0 Å². The monoisotopic (exact) mass is 279 g/mol. The molecule has 0 unspecified atom stereocenters. The van der Waals surface area contributed by atoms with Crippen molar-refractivity contribution in [3.8, 4) is 0 Å². The van der Waals surface area contributed by atoms with E-state index in [2.05, 4.69) is 41.9 Å². The normalized spacial score (nSPS) is 24.2. The summed E-state index contributed by atoms with van der Waals surface area (Å²) >= 11 is 3.64. The largest absolute Gasteiger partial charge is 0.324 e. The van der Waals surface area contributed by atoms with Crippen molar-refractivity contribution in [3.63, 3.8) is 0 Å². The molecular weight excluding hydrogens is 262 g/mol. The molecule has 0 heterocycles. The molecule has 0 aromatic heterocycles. The van der Waals surface area contributed by atoms with Gasteiger partial charge in [0.25, 0.3) is 0 Å². The average molecular weight is 280 g/mol. The van der Waals surface area contributed by atoms with Crippen molar-refractivity contribution in [2.45, 2.75) is 50.5 Å². The molecule has 2 aliphatic rings. The lowest BCUT2D eigenvalue weighted by Gasteiger charge is -2.24. The predicted molar refractivity (Wildman–Crippen MR) is 70.7 cm³/mol. The molecule has 0 spiro atoms. The van der Waals surface area contributed by atoms with Gasteiger partial charge in [0.1, 0.15) is 0 Å². The van der Waals surface area contributed by atoms with Crippen LogP contribution in [0.4, 0.5) is 0 Å². The first-order valence-electron chi connectivity index (χ1n) is 6.05. The van der Waals surface area contributed by atoms with Gasteiger partial charge in [0.15, 0.2) is 0 Å². The van der Waals surface area contributed by atoms with Crippen LogP contribution in [0, 0.1) is 13.8 Å². The van der Waals surface area contributed by atoms with Crippen LogP contribution in [0.3, 0.4) is 0 Å². The van der Waals surface area contributed by atoms with E-state index in [4.69, 9.17) is 5.73 Å². The Morgan fingerprint density at radius 1 is 1.06 bits per heavy atom.